The molecule has 0 saturated heterocycles. The minimum atomic E-state index is 0.609. The Balaban J connectivity index is 2.54. The van der Waals surface area contributed by atoms with Gasteiger partial charge in [0.25, 0.3) is 0 Å². The number of nitrogens with one attached hydrogen (secondary N) is 1. The number of rotatable bonds is 0. The van der Waals surface area contributed by atoms with Crippen LogP contribution in [0.3, 0.4) is 0 Å². The van der Waals surface area contributed by atoms with Gasteiger partial charge >= 0.3 is 0 Å². The largest absolute Gasteiger partial charge is 0.370 e. The minimum absolute atomic E-state index is 0.609. The summed E-state index contributed by atoms with van der Waals surface area (Å²) in [6.07, 6.45) is 0. The Morgan fingerprint density at radius 2 is 2.44 bits per heavy atom. The molecule has 0 bridgehead atoms. The molecule has 1 N–H and O–H groups in total. The van der Waals surface area contributed by atoms with Crippen LogP contribution in [0.25, 0.3) is 0 Å². The van der Waals surface area contributed by atoms with Crippen molar-refractivity contribution >= 4 is 0 Å². The Morgan fingerprint density at radius 1 is 1.44 bits per heavy atom. The molecule has 1 aromatic carbocycles. The molecule has 0 aromatic heterocycles. The molecular weight excluding hydrogens is 118 g/mol. The average Bonchev–Trinajstić information content (AvgIpc) is 2.33. The summed E-state index contributed by atoms with van der Waals surface area (Å²) in [6.45, 7) is 0. The summed E-state index contributed by atoms with van der Waals surface area (Å²) in [5.74, 6) is 1.29. The van der Waals surface area contributed by atoms with E-state index in [0.29, 0.717) is 11.5 Å². The van der Waals surface area contributed by atoms with Crippen LogP contribution in [0, 0.1) is 6.07 Å². The van der Waals surface area contributed by atoms with Gasteiger partial charge in [-0.3, -0.25) is 0 Å². The lowest BCUT2D eigenvalue weighted by Gasteiger charge is -1.85. The molecule has 0 spiro atoms. The molecule has 9 heavy (non-hydrogen) atoms. The molecule has 0 saturated carbocycles. The highest BCUT2D eigenvalue weighted by Crippen LogP contribution is 2.27. The molecule has 1 heterocycles. The monoisotopic (exact) mass is 122 g/mol. The van der Waals surface area contributed by atoms with E-state index in [4.69, 9.17) is 9.68 Å². The topological polar surface area (TPSA) is 30.5 Å². The molecule has 2 rings (SSSR count). The van der Waals surface area contributed by atoms with Gasteiger partial charge in [-0.1, -0.05) is 12.1 Å². The van der Waals surface area contributed by atoms with Gasteiger partial charge in [-0.05, 0) is 6.07 Å². The zero-order chi connectivity index (χ0) is 6.10. The first-order valence-electron chi connectivity index (χ1n) is 2.56. The number of benzene rings is 1. The zero-order valence-electron chi connectivity index (χ0n) is 4.55. The average molecular weight is 122 g/mol. The molecule has 0 unspecified atom stereocenters. The lowest BCUT2D eigenvalue weighted by molar-refractivity contribution is 0.0258. The summed E-state index contributed by atoms with van der Waals surface area (Å²) in [5, 5.41) is 0. The van der Waals surface area contributed by atoms with Gasteiger partial charge in [-0.15, -0.1) is 0 Å². The van der Waals surface area contributed by atoms with Crippen molar-refractivity contribution in [3.63, 3.8) is 0 Å². The van der Waals surface area contributed by atoms with Crippen molar-refractivity contribution in [2.24, 2.45) is 0 Å². The first kappa shape index (κ1) is 4.64. The predicted octanol–water partition coefficient (Wildman–Crippen LogP) is 0.678. The molecule has 1 radical (unpaired) electrons. The summed E-state index contributed by atoms with van der Waals surface area (Å²) in [5.41, 5.74) is 2.26. The molecule has 0 aliphatic carbocycles. The number of fused-ring (bicyclic) bond motifs is 1. The van der Waals surface area contributed by atoms with Crippen molar-refractivity contribution in [1.82, 2.24) is 5.64 Å². The van der Waals surface area contributed by atoms with Gasteiger partial charge < -0.3 is 9.68 Å². The van der Waals surface area contributed by atoms with Crippen LogP contribution in [0.4, 0.5) is 0 Å². The van der Waals surface area contributed by atoms with Crippen molar-refractivity contribution in [1.29, 1.82) is 0 Å². The maximum atomic E-state index is 4.79. The summed E-state index contributed by atoms with van der Waals surface area (Å²) in [7, 11) is 0. The van der Waals surface area contributed by atoms with Crippen LogP contribution in [0.2, 0.25) is 0 Å². The van der Waals surface area contributed by atoms with E-state index in [9.17, 15) is 0 Å². The quantitative estimate of drug-likeness (QED) is 0.548. The number of hydrogen-bond donors (Lipinski definition) is 1. The van der Waals surface area contributed by atoms with Crippen molar-refractivity contribution in [2.45, 2.75) is 0 Å². The first-order valence-corrected chi connectivity index (χ1v) is 2.56. The molecule has 1 aliphatic rings. The van der Waals surface area contributed by atoms with Gasteiger partial charge in [0.1, 0.15) is 0 Å². The lowest BCUT2D eigenvalue weighted by Crippen LogP contribution is -2.14. The van der Waals surface area contributed by atoms with Crippen LogP contribution in [0.15, 0.2) is 18.2 Å². The normalized spacial score (nSPS) is 13.8. The molecule has 0 atom stereocenters. The summed E-state index contributed by atoms with van der Waals surface area (Å²) in [4.78, 5) is 9.57. The molecule has 1 aromatic rings. The Labute approximate surface area is 52.1 Å². The van der Waals surface area contributed by atoms with Gasteiger partial charge in [-0.2, -0.15) is 0 Å². The second kappa shape index (κ2) is 1.63. The zero-order valence-corrected chi connectivity index (χ0v) is 4.55. The summed E-state index contributed by atoms with van der Waals surface area (Å²) in [6, 6.07) is 8.22. The molecule has 0 amide bonds. The number of hydrogen-bond acceptors (Lipinski definition) is 3. The summed E-state index contributed by atoms with van der Waals surface area (Å²) < 4.78 is 0. The van der Waals surface area contributed by atoms with Crippen molar-refractivity contribution in [3.8, 4) is 11.5 Å². The molecule has 3 heteroatoms. The van der Waals surface area contributed by atoms with E-state index < -0.39 is 0 Å². The Morgan fingerprint density at radius 3 is 3.33 bits per heavy atom. The SMILES string of the molecule is [c]1cccc2c1ONO2. The third-order valence-electron chi connectivity index (χ3n) is 1.08. The fourth-order valence-electron chi connectivity index (χ4n) is 0.674. The van der Waals surface area contributed by atoms with Gasteiger partial charge in [0.2, 0.25) is 5.75 Å². The van der Waals surface area contributed by atoms with Crippen LogP contribution in [0.5, 0.6) is 11.5 Å². The highest BCUT2D eigenvalue weighted by Gasteiger charge is 2.10. The van der Waals surface area contributed by atoms with E-state index in [1.54, 1.807) is 12.1 Å². The van der Waals surface area contributed by atoms with Gasteiger partial charge in [0.15, 0.2) is 5.75 Å². The van der Waals surface area contributed by atoms with Crippen LogP contribution in [0.1, 0.15) is 0 Å². The third-order valence-corrected chi connectivity index (χ3v) is 1.08. The van der Waals surface area contributed by atoms with E-state index in [-0.39, 0.29) is 0 Å². The third kappa shape index (κ3) is 0.622. The smallest absolute Gasteiger partial charge is 0.203 e. The van der Waals surface area contributed by atoms with E-state index in [1.807, 2.05) is 6.07 Å². The highest BCUT2D eigenvalue weighted by atomic mass is 16.9. The van der Waals surface area contributed by atoms with E-state index in [2.05, 4.69) is 11.7 Å². The Kier molecular flexibility index (Phi) is 0.841. The van der Waals surface area contributed by atoms with Gasteiger partial charge in [-0.25, -0.2) is 0 Å². The second-order valence-electron chi connectivity index (χ2n) is 1.65. The molecular formula is C6H4NO2. The van der Waals surface area contributed by atoms with E-state index in [0.717, 1.165) is 0 Å². The fraction of sp³-hybridized carbons (Fsp3) is 0. The minimum Gasteiger partial charge on any atom is -0.370 e. The molecule has 0 fully saturated rings. The second-order valence-corrected chi connectivity index (χ2v) is 1.65. The maximum absolute atomic E-state index is 4.79. The molecule has 45 valence electrons. The van der Waals surface area contributed by atoms with E-state index >= 15 is 0 Å². The standard InChI is InChI=1S/C6H4NO2/c1-2-4-6-5(3-1)8-7-9-6/h1-3,7H. The maximum Gasteiger partial charge on any atom is 0.203 e. The Bertz CT molecular complexity index is 201. The van der Waals surface area contributed by atoms with Crippen LogP contribution in [-0.2, 0) is 0 Å². The van der Waals surface area contributed by atoms with Crippen molar-refractivity contribution < 1.29 is 9.68 Å². The van der Waals surface area contributed by atoms with Gasteiger partial charge in [0.05, 0.1) is 0 Å². The molecule has 1 aliphatic heterocycles. The Hall–Kier alpha value is -1.22. The molecule has 3 nitrogen and oxygen atoms in total. The van der Waals surface area contributed by atoms with Gasteiger partial charge in [0, 0.05) is 11.7 Å². The van der Waals surface area contributed by atoms with Crippen molar-refractivity contribution in [3.05, 3.63) is 24.3 Å². The van der Waals surface area contributed by atoms with Crippen LogP contribution in [-0.4, -0.2) is 0 Å². The van der Waals surface area contributed by atoms with Crippen LogP contribution >= 0.6 is 0 Å². The highest BCUT2D eigenvalue weighted by molar-refractivity contribution is 5.39. The summed E-state index contributed by atoms with van der Waals surface area (Å²) >= 11 is 0. The number of para-hydroxylation sites is 1. The lowest BCUT2D eigenvalue weighted by atomic mass is 10.3. The van der Waals surface area contributed by atoms with Crippen molar-refractivity contribution in [2.75, 3.05) is 0 Å². The van der Waals surface area contributed by atoms with Crippen LogP contribution < -0.4 is 15.3 Å². The fourth-order valence-corrected chi connectivity index (χ4v) is 0.674. The first-order chi connectivity index (χ1) is 4.47. The van der Waals surface area contributed by atoms with E-state index in [1.165, 1.54) is 0 Å². The predicted molar refractivity (Wildman–Crippen MR) is 29.7 cm³/mol.